The van der Waals surface area contributed by atoms with Gasteiger partial charge in [0.25, 0.3) is 5.91 Å². The number of benzene rings is 2. The number of anilines is 2. The molecule has 0 unspecified atom stereocenters. The van der Waals surface area contributed by atoms with E-state index in [2.05, 4.69) is 0 Å². The largest absolute Gasteiger partial charge is 0.308 e. The van der Waals surface area contributed by atoms with Crippen LogP contribution in [0.15, 0.2) is 42.5 Å². The zero-order valence-corrected chi connectivity index (χ0v) is 15.3. The molecule has 0 saturated carbocycles. The third-order valence-corrected chi connectivity index (χ3v) is 6.65. The fourth-order valence-corrected chi connectivity index (χ4v) is 5.02. The molecule has 1 saturated heterocycles. The van der Waals surface area contributed by atoms with E-state index in [0.29, 0.717) is 6.54 Å². The number of rotatable bonds is 2. The van der Waals surface area contributed by atoms with E-state index in [1.54, 1.807) is 4.90 Å². The molecule has 2 heterocycles. The van der Waals surface area contributed by atoms with E-state index < -0.39 is 15.9 Å². The van der Waals surface area contributed by atoms with Gasteiger partial charge in [-0.15, -0.1) is 0 Å². The monoisotopic (exact) mass is 390 g/mol. The molecule has 0 aliphatic carbocycles. The summed E-state index contributed by atoms with van der Waals surface area (Å²) >= 11 is 6.21. The van der Waals surface area contributed by atoms with Gasteiger partial charge >= 0.3 is 0 Å². The first-order valence-corrected chi connectivity index (χ1v) is 10.1. The molecular weight excluding hydrogens is 376 g/mol. The standard InChI is InChI=1S/C18H15ClN2O4S/c19-15-6-5-13(21-17(22)8-10-26(21,24)25)11-14(15)18(23)20-9-7-12-3-1-2-4-16(12)20/h1-6,11H,7-10H2. The number of carbonyl (C=O) groups excluding carboxylic acids is 2. The van der Waals surface area contributed by atoms with Crippen molar-refractivity contribution in [1.82, 2.24) is 0 Å². The Bertz CT molecular complexity index is 1040. The van der Waals surface area contributed by atoms with Gasteiger partial charge in [0.2, 0.25) is 15.9 Å². The maximum Gasteiger partial charge on any atom is 0.259 e. The minimum Gasteiger partial charge on any atom is -0.308 e. The zero-order valence-electron chi connectivity index (χ0n) is 13.7. The molecule has 4 rings (SSSR count). The molecule has 26 heavy (non-hydrogen) atoms. The van der Waals surface area contributed by atoms with Crippen LogP contribution in [0.1, 0.15) is 22.3 Å². The number of hydrogen-bond donors (Lipinski definition) is 0. The van der Waals surface area contributed by atoms with Crippen molar-refractivity contribution in [2.45, 2.75) is 12.8 Å². The van der Waals surface area contributed by atoms with Crippen molar-refractivity contribution in [2.24, 2.45) is 0 Å². The number of nitrogens with zero attached hydrogens (tertiary/aromatic N) is 2. The van der Waals surface area contributed by atoms with Crippen molar-refractivity contribution in [1.29, 1.82) is 0 Å². The summed E-state index contributed by atoms with van der Waals surface area (Å²) in [6.45, 7) is 0.527. The van der Waals surface area contributed by atoms with E-state index in [1.807, 2.05) is 24.3 Å². The molecule has 0 radical (unpaired) electrons. The third-order valence-electron chi connectivity index (χ3n) is 4.63. The highest BCUT2D eigenvalue weighted by molar-refractivity contribution is 7.94. The van der Waals surface area contributed by atoms with Crippen molar-refractivity contribution in [2.75, 3.05) is 21.5 Å². The zero-order chi connectivity index (χ0) is 18.5. The van der Waals surface area contributed by atoms with Crippen LogP contribution in [0.5, 0.6) is 0 Å². The molecule has 0 aromatic heterocycles. The first kappa shape index (κ1) is 17.1. The van der Waals surface area contributed by atoms with Gasteiger partial charge in [-0.05, 0) is 36.2 Å². The summed E-state index contributed by atoms with van der Waals surface area (Å²) in [5.74, 6) is -1.04. The molecule has 2 aromatic carbocycles. The number of para-hydroxylation sites is 1. The van der Waals surface area contributed by atoms with E-state index in [0.717, 1.165) is 22.0 Å². The average Bonchev–Trinajstić information content (AvgIpc) is 3.16. The topological polar surface area (TPSA) is 74.8 Å². The van der Waals surface area contributed by atoms with Gasteiger partial charge < -0.3 is 4.90 Å². The van der Waals surface area contributed by atoms with Crippen LogP contribution in [0.4, 0.5) is 11.4 Å². The predicted octanol–water partition coefficient (Wildman–Crippen LogP) is 2.61. The number of halogens is 1. The van der Waals surface area contributed by atoms with E-state index >= 15 is 0 Å². The first-order chi connectivity index (χ1) is 12.4. The summed E-state index contributed by atoms with van der Waals surface area (Å²) in [6.07, 6.45) is 0.686. The Hall–Kier alpha value is -2.38. The van der Waals surface area contributed by atoms with Crippen LogP contribution in [0, 0.1) is 0 Å². The van der Waals surface area contributed by atoms with Crippen LogP contribution >= 0.6 is 11.6 Å². The molecule has 8 heteroatoms. The highest BCUT2D eigenvalue weighted by Gasteiger charge is 2.37. The minimum atomic E-state index is -3.70. The Morgan fingerprint density at radius 2 is 1.85 bits per heavy atom. The van der Waals surface area contributed by atoms with Gasteiger partial charge in [-0.3, -0.25) is 9.59 Å². The Morgan fingerprint density at radius 3 is 2.58 bits per heavy atom. The summed E-state index contributed by atoms with van der Waals surface area (Å²) < 4.78 is 25.0. The normalized spacial score (nSPS) is 18.3. The van der Waals surface area contributed by atoms with Gasteiger partial charge in [-0.25, -0.2) is 12.7 Å². The smallest absolute Gasteiger partial charge is 0.259 e. The fourth-order valence-electron chi connectivity index (χ4n) is 3.37. The lowest BCUT2D eigenvalue weighted by atomic mass is 10.1. The SMILES string of the molecule is O=C(c1cc(N2C(=O)CCS2(=O)=O)ccc1Cl)N1CCc2ccccc21. The summed E-state index contributed by atoms with van der Waals surface area (Å²) in [7, 11) is -3.70. The lowest BCUT2D eigenvalue weighted by molar-refractivity contribution is -0.116. The van der Waals surface area contributed by atoms with E-state index in [9.17, 15) is 18.0 Å². The van der Waals surface area contributed by atoms with Gasteiger partial charge in [0.05, 0.1) is 22.0 Å². The number of fused-ring (bicyclic) bond motifs is 1. The lowest BCUT2D eigenvalue weighted by Gasteiger charge is -2.20. The van der Waals surface area contributed by atoms with Crippen molar-refractivity contribution in [3.63, 3.8) is 0 Å². The van der Waals surface area contributed by atoms with Gasteiger partial charge in [0.1, 0.15) is 0 Å². The van der Waals surface area contributed by atoms with Crippen LogP contribution < -0.4 is 9.21 Å². The lowest BCUT2D eigenvalue weighted by Crippen LogP contribution is -2.31. The van der Waals surface area contributed by atoms with Crippen molar-refractivity contribution < 1.29 is 18.0 Å². The van der Waals surface area contributed by atoms with Crippen molar-refractivity contribution >= 4 is 44.8 Å². The maximum absolute atomic E-state index is 13.0. The van der Waals surface area contributed by atoms with Gasteiger partial charge in [0, 0.05) is 18.7 Å². The molecule has 1 fully saturated rings. The van der Waals surface area contributed by atoms with Crippen molar-refractivity contribution in [3.8, 4) is 0 Å². The summed E-state index contributed by atoms with van der Waals surface area (Å²) in [5, 5.41) is 0.215. The molecule has 6 nitrogen and oxygen atoms in total. The average molecular weight is 391 g/mol. The fraction of sp³-hybridized carbons (Fsp3) is 0.222. The number of carbonyl (C=O) groups is 2. The second-order valence-corrected chi connectivity index (χ2v) is 8.57. The molecule has 0 spiro atoms. The number of sulfonamides is 1. The quantitative estimate of drug-likeness (QED) is 0.790. The van der Waals surface area contributed by atoms with Gasteiger partial charge in [-0.1, -0.05) is 29.8 Å². The number of amides is 2. The predicted molar refractivity (Wildman–Crippen MR) is 99.2 cm³/mol. The highest BCUT2D eigenvalue weighted by atomic mass is 35.5. The molecule has 2 aromatic rings. The molecule has 134 valence electrons. The minimum absolute atomic E-state index is 0.0618. The third kappa shape index (κ3) is 2.68. The maximum atomic E-state index is 13.0. The van der Waals surface area contributed by atoms with E-state index in [4.69, 9.17) is 11.6 Å². The molecular formula is C18H15ClN2O4S. The Kier molecular flexibility index (Phi) is 4.00. The second kappa shape index (κ2) is 6.10. The van der Waals surface area contributed by atoms with Crippen LogP contribution in [-0.4, -0.2) is 32.5 Å². The van der Waals surface area contributed by atoms with Crippen molar-refractivity contribution in [3.05, 3.63) is 58.6 Å². The van der Waals surface area contributed by atoms with Gasteiger partial charge in [-0.2, -0.15) is 0 Å². The Morgan fingerprint density at radius 1 is 1.08 bits per heavy atom. The van der Waals surface area contributed by atoms with E-state index in [1.165, 1.54) is 18.2 Å². The molecule has 0 N–H and O–H groups in total. The van der Waals surface area contributed by atoms with Crippen LogP contribution in [0.3, 0.4) is 0 Å². The first-order valence-electron chi connectivity index (χ1n) is 8.13. The number of hydrogen-bond acceptors (Lipinski definition) is 4. The molecule has 2 aliphatic heterocycles. The van der Waals surface area contributed by atoms with E-state index in [-0.39, 0.29) is 34.4 Å². The molecule has 2 amide bonds. The van der Waals surface area contributed by atoms with Crippen LogP contribution in [-0.2, 0) is 21.2 Å². The second-order valence-electron chi connectivity index (χ2n) is 6.22. The highest BCUT2D eigenvalue weighted by Crippen LogP contribution is 2.33. The van der Waals surface area contributed by atoms with Crippen LogP contribution in [0.25, 0.3) is 0 Å². The summed E-state index contributed by atoms with van der Waals surface area (Å²) in [5.41, 5.74) is 2.22. The molecule has 0 atom stereocenters. The Labute approximate surface area is 156 Å². The summed E-state index contributed by atoms with van der Waals surface area (Å²) in [6, 6.07) is 11.9. The summed E-state index contributed by atoms with van der Waals surface area (Å²) in [4.78, 5) is 26.6. The Balaban J connectivity index is 1.74. The van der Waals surface area contributed by atoms with Crippen LogP contribution in [0.2, 0.25) is 5.02 Å². The van der Waals surface area contributed by atoms with Gasteiger partial charge in [0.15, 0.2) is 0 Å². The molecule has 0 bridgehead atoms. The molecule has 2 aliphatic rings.